The minimum absolute atomic E-state index is 0.217. The first-order valence-electron chi connectivity index (χ1n) is 26.7. The highest BCUT2D eigenvalue weighted by Crippen LogP contribution is 2.45. The number of nitrogens with one attached hydrogen (secondary N) is 2. The van der Waals surface area contributed by atoms with E-state index >= 15 is 0 Å². The standard InChI is InChI=1S/C60H70N4O12/c1-5-7-9-11-15-35-39-21-25-43(61-39)51(37-19-13-17-33(31(3)67)49(37)59-57(73)55(71)53(69)47(29-65)75-59)45-27-23-41(63-45)36(16-12-10-8-6-2)42-24-28-46(64-42)52(44-26-22-40(35)62-44)38-20-14-18-34(32(4)68)50(38)60-58(74)56(72)54(70)48(30-66)76-60/h13-14,17-28,47-48,53-61,64-66,69-74H,5-12,15-16,29-30H2,1-4H3/t47-,48-,53-,54-,55-,56-,57-,58-,59?,60?/m1/s1. The van der Waals surface area contributed by atoms with Gasteiger partial charge in [0.15, 0.2) is 11.6 Å². The lowest BCUT2D eigenvalue weighted by atomic mass is 9.83. The van der Waals surface area contributed by atoms with E-state index in [2.05, 4.69) is 23.8 Å². The summed E-state index contributed by atoms with van der Waals surface area (Å²) in [6.07, 6.45) is 1.44. The second-order valence-corrected chi connectivity index (χ2v) is 20.5. The van der Waals surface area contributed by atoms with Gasteiger partial charge in [0.2, 0.25) is 0 Å². The zero-order valence-electron chi connectivity index (χ0n) is 43.4. The third kappa shape index (κ3) is 10.6. The molecule has 2 aromatic carbocycles. The number of H-pyrrole nitrogens is 2. The molecular weight excluding hydrogens is 969 g/mol. The lowest BCUT2D eigenvalue weighted by Gasteiger charge is -2.41. The number of fused-ring (bicyclic) bond motifs is 8. The summed E-state index contributed by atoms with van der Waals surface area (Å²) in [6, 6.07) is 18.2. The lowest BCUT2D eigenvalue weighted by Crippen LogP contribution is -2.55. The summed E-state index contributed by atoms with van der Waals surface area (Å²) in [5.74, 6) is -0.664. The molecule has 0 saturated carbocycles. The highest BCUT2D eigenvalue weighted by molar-refractivity contribution is 6.02. The number of ketones is 2. The van der Waals surface area contributed by atoms with Crippen LogP contribution in [-0.4, -0.2) is 134 Å². The second kappa shape index (κ2) is 23.7. The number of hydrogen-bond acceptors (Lipinski definition) is 14. The molecule has 10 N–H and O–H groups in total. The van der Waals surface area contributed by atoms with Crippen LogP contribution in [0.5, 0.6) is 0 Å². The number of ether oxygens (including phenoxy) is 2. The maximum Gasteiger partial charge on any atom is 0.160 e. The Balaban J connectivity index is 1.39. The fourth-order valence-electron chi connectivity index (χ4n) is 11.3. The Hall–Kier alpha value is -6.02. The number of aliphatic hydroxyl groups is 8. The van der Waals surface area contributed by atoms with E-state index in [-0.39, 0.29) is 33.8 Å². The largest absolute Gasteiger partial charge is 0.394 e. The van der Waals surface area contributed by atoms with Gasteiger partial charge in [-0.05, 0) is 99.2 Å². The molecule has 4 aliphatic heterocycles. The van der Waals surface area contributed by atoms with Crippen molar-refractivity contribution in [2.24, 2.45) is 0 Å². The van der Waals surface area contributed by atoms with Crippen LogP contribution in [0.2, 0.25) is 0 Å². The molecular formula is C60H70N4O12. The molecule has 0 spiro atoms. The Morgan fingerprint density at radius 3 is 1.24 bits per heavy atom. The average molecular weight is 1040 g/mol. The first-order chi connectivity index (χ1) is 36.7. The van der Waals surface area contributed by atoms with Crippen LogP contribution < -0.4 is 0 Å². The molecule has 2 saturated heterocycles. The molecule has 10 atom stereocenters. The molecule has 16 nitrogen and oxygen atoms in total. The number of rotatable bonds is 18. The number of aromatic amines is 2. The SMILES string of the molecule is CCCCCCc1c2nc(c(-c3cccc(C(C)=O)c3C3O[C@H](CO)[C@@H](O)[C@@H](O)[C@H]3O)c3ccc([nH]3)c(CCCCCC)c3nc(c(-c4cccc(C(C)=O)c4C4O[C@H](CO)[C@@H](O)[C@@H](O)[C@H]4O)c4ccc1[nH]4)C=C3)C=C2. The van der Waals surface area contributed by atoms with Crippen LogP contribution in [0.1, 0.15) is 157 Å². The molecule has 16 heteroatoms. The van der Waals surface area contributed by atoms with Crippen LogP contribution in [0.25, 0.3) is 68.6 Å². The molecule has 76 heavy (non-hydrogen) atoms. The van der Waals surface area contributed by atoms with Crippen molar-refractivity contribution in [2.45, 2.75) is 153 Å². The number of aromatic nitrogens is 4. The van der Waals surface area contributed by atoms with Gasteiger partial charge in [-0.25, -0.2) is 9.97 Å². The maximum atomic E-state index is 13.6. The van der Waals surface area contributed by atoms with Crippen molar-refractivity contribution in [3.8, 4) is 22.3 Å². The van der Waals surface area contributed by atoms with E-state index in [0.717, 1.165) is 73.5 Å². The fraction of sp³-hybridized carbons (Fsp3) is 0.433. The smallest absolute Gasteiger partial charge is 0.160 e. The van der Waals surface area contributed by atoms with Crippen LogP contribution >= 0.6 is 0 Å². The number of hydrogen-bond donors (Lipinski definition) is 10. The minimum Gasteiger partial charge on any atom is -0.394 e. The third-order valence-electron chi connectivity index (χ3n) is 15.4. The van der Waals surface area contributed by atoms with Crippen LogP contribution in [-0.2, 0) is 22.3 Å². The normalized spacial score (nSPS) is 24.3. The summed E-state index contributed by atoms with van der Waals surface area (Å²) in [4.78, 5) is 45.5. The van der Waals surface area contributed by atoms with E-state index < -0.39 is 74.3 Å². The van der Waals surface area contributed by atoms with Gasteiger partial charge in [0.05, 0.1) is 36.0 Å². The van der Waals surface area contributed by atoms with Crippen molar-refractivity contribution in [1.82, 2.24) is 19.9 Å². The Kier molecular flexibility index (Phi) is 17.1. The van der Waals surface area contributed by atoms with E-state index in [1.165, 1.54) is 13.8 Å². The van der Waals surface area contributed by atoms with Crippen molar-refractivity contribution >= 4 is 57.9 Å². The Morgan fingerprint density at radius 2 is 0.868 bits per heavy atom. The number of Topliss-reactive ketones (excluding diaryl/α,β-unsaturated/α-hetero) is 2. The molecule has 0 radical (unpaired) electrons. The number of carbonyl (C=O) groups is 2. The monoisotopic (exact) mass is 1040 g/mol. The highest BCUT2D eigenvalue weighted by Gasteiger charge is 2.47. The van der Waals surface area contributed by atoms with Crippen molar-refractivity contribution in [1.29, 1.82) is 0 Å². The molecule has 5 aromatic rings. The summed E-state index contributed by atoms with van der Waals surface area (Å²) in [6.45, 7) is 5.81. The Labute approximate surface area is 441 Å². The van der Waals surface area contributed by atoms with Crippen LogP contribution in [0.4, 0.5) is 0 Å². The van der Waals surface area contributed by atoms with E-state index in [9.17, 15) is 50.4 Å². The van der Waals surface area contributed by atoms with Gasteiger partial charge >= 0.3 is 0 Å². The molecule has 0 aliphatic carbocycles. The first kappa shape index (κ1) is 54.8. The van der Waals surface area contributed by atoms with Crippen LogP contribution in [0.15, 0.2) is 60.7 Å². The fourth-order valence-corrected chi connectivity index (χ4v) is 11.3. The number of carbonyl (C=O) groups excluding carboxylic acids is 2. The lowest BCUT2D eigenvalue weighted by molar-refractivity contribution is -0.231. The predicted molar refractivity (Wildman–Crippen MR) is 291 cm³/mol. The van der Waals surface area contributed by atoms with E-state index in [1.807, 2.05) is 60.7 Å². The second-order valence-electron chi connectivity index (χ2n) is 20.5. The molecule has 3 aromatic heterocycles. The Bertz CT molecular complexity index is 2980. The number of nitrogens with zero attached hydrogens (tertiary/aromatic N) is 2. The van der Waals surface area contributed by atoms with Crippen molar-refractivity contribution in [2.75, 3.05) is 13.2 Å². The number of aliphatic hydroxyl groups excluding tert-OH is 8. The predicted octanol–water partition coefficient (Wildman–Crippen LogP) is 7.67. The number of benzene rings is 2. The molecule has 2 fully saturated rings. The van der Waals surface area contributed by atoms with Crippen molar-refractivity contribution < 1.29 is 59.9 Å². The summed E-state index contributed by atoms with van der Waals surface area (Å²) >= 11 is 0. The first-order valence-corrected chi connectivity index (χ1v) is 26.7. The van der Waals surface area contributed by atoms with Crippen molar-refractivity contribution in [3.05, 3.63) is 117 Å². The van der Waals surface area contributed by atoms with E-state index in [1.54, 1.807) is 24.3 Å². The number of unbranched alkanes of at least 4 members (excludes halogenated alkanes) is 6. The van der Waals surface area contributed by atoms with Gasteiger partial charge < -0.3 is 60.3 Å². The molecule has 7 heterocycles. The van der Waals surface area contributed by atoms with Crippen LogP contribution in [0.3, 0.4) is 0 Å². The van der Waals surface area contributed by atoms with Crippen molar-refractivity contribution in [3.63, 3.8) is 0 Å². The Morgan fingerprint density at radius 1 is 0.487 bits per heavy atom. The molecule has 9 rings (SSSR count). The van der Waals surface area contributed by atoms with Gasteiger partial charge in [0.25, 0.3) is 0 Å². The van der Waals surface area contributed by atoms with Crippen LogP contribution in [0, 0.1) is 0 Å². The highest BCUT2D eigenvalue weighted by atomic mass is 16.6. The van der Waals surface area contributed by atoms with E-state index in [0.29, 0.717) is 68.9 Å². The number of aryl methyl sites for hydroxylation is 2. The molecule has 402 valence electrons. The van der Waals surface area contributed by atoms with Gasteiger partial charge in [-0.15, -0.1) is 0 Å². The minimum atomic E-state index is -1.70. The molecule has 4 aliphatic rings. The third-order valence-corrected chi connectivity index (χ3v) is 15.4. The molecule has 8 bridgehead atoms. The summed E-state index contributed by atoms with van der Waals surface area (Å²) in [5.41, 5.74) is 9.92. The zero-order valence-corrected chi connectivity index (χ0v) is 43.4. The summed E-state index contributed by atoms with van der Waals surface area (Å²) < 4.78 is 12.5. The van der Waals surface area contributed by atoms with Gasteiger partial charge in [0, 0.05) is 66.6 Å². The van der Waals surface area contributed by atoms with Gasteiger partial charge in [0.1, 0.15) is 61.0 Å². The topological polar surface area (TPSA) is 272 Å². The summed E-state index contributed by atoms with van der Waals surface area (Å²) in [5, 5.41) is 88.0. The average Bonchev–Trinajstić information content (AvgIpc) is 4.28. The van der Waals surface area contributed by atoms with Gasteiger partial charge in [-0.3, -0.25) is 9.59 Å². The maximum absolute atomic E-state index is 13.6. The zero-order chi connectivity index (χ0) is 53.9. The van der Waals surface area contributed by atoms with E-state index in [4.69, 9.17) is 19.4 Å². The molecule has 0 amide bonds. The quantitative estimate of drug-likeness (QED) is 0.0292. The van der Waals surface area contributed by atoms with Gasteiger partial charge in [-0.1, -0.05) is 88.8 Å². The summed E-state index contributed by atoms with van der Waals surface area (Å²) in [7, 11) is 0. The molecule has 2 unspecified atom stereocenters. The van der Waals surface area contributed by atoms with Gasteiger partial charge in [-0.2, -0.15) is 0 Å².